The minimum absolute atomic E-state index is 0. The Morgan fingerprint density at radius 1 is 1.31 bits per heavy atom. The van der Waals surface area contributed by atoms with Gasteiger partial charge in [-0.25, -0.2) is 0 Å². The molecule has 2 nitrogen and oxygen atoms in total. The van der Waals surface area contributed by atoms with Crippen LogP contribution >= 0.6 is 12.4 Å². The van der Waals surface area contributed by atoms with Crippen LogP contribution in [0.15, 0.2) is 24.5 Å². The molecule has 3 heteroatoms. The number of aromatic nitrogens is 1. The van der Waals surface area contributed by atoms with E-state index in [9.17, 15) is 0 Å². The van der Waals surface area contributed by atoms with Crippen LogP contribution in [0.1, 0.15) is 31.9 Å². The van der Waals surface area contributed by atoms with Gasteiger partial charge in [-0.1, -0.05) is 13.8 Å². The molecule has 74 valence electrons. The molecule has 0 aliphatic heterocycles. The molecule has 0 saturated carbocycles. The topological polar surface area (TPSA) is 38.9 Å². The Kier molecular flexibility index (Phi) is 5.67. The first-order chi connectivity index (χ1) is 5.70. The molecule has 0 aromatic carbocycles. The number of pyridine rings is 1. The van der Waals surface area contributed by atoms with E-state index < -0.39 is 0 Å². The summed E-state index contributed by atoms with van der Waals surface area (Å²) in [5.41, 5.74) is 7.15. The minimum atomic E-state index is 0. The molecule has 2 N–H and O–H groups in total. The molecule has 1 heterocycles. The predicted molar refractivity (Wildman–Crippen MR) is 57.9 cm³/mol. The summed E-state index contributed by atoms with van der Waals surface area (Å²) in [5, 5.41) is 0. The smallest absolute Gasteiger partial charge is 0.0298 e. The number of hydrogen-bond acceptors (Lipinski definition) is 2. The molecule has 0 bridgehead atoms. The molecule has 1 aromatic rings. The minimum Gasteiger partial charge on any atom is -0.324 e. The summed E-state index contributed by atoms with van der Waals surface area (Å²) in [7, 11) is 0. The van der Waals surface area contributed by atoms with Crippen LogP contribution in [0.25, 0.3) is 0 Å². The van der Waals surface area contributed by atoms with Crippen molar-refractivity contribution in [3.8, 4) is 0 Å². The van der Waals surface area contributed by atoms with Gasteiger partial charge in [-0.2, -0.15) is 0 Å². The first kappa shape index (κ1) is 12.4. The van der Waals surface area contributed by atoms with Crippen molar-refractivity contribution in [1.82, 2.24) is 4.98 Å². The lowest BCUT2D eigenvalue weighted by molar-refractivity contribution is 0.509. The van der Waals surface area contributed by atoms with E-state index in [0.717, 1.165) is 6.42 Å². The number of halogens is 1. The van der Waals surface area contributed by atoms with Gasteiger partial charge in [0.25, 0.3) is 0 Å². The molecular weight excluding hydrogens is 184 g/mol. The van der Waals surface area contributed by atoms with Crippen molar-refractivity contribution in [2.24, 2.45) is 11.7 Å². The van der Waals surface area contributed by atoms with Crippen LogP contribution in [0.5, 0.6) is 0 Å². The van der Waals surface area contributed by atoms with Crippen molar-refractivity contribution in [3.05, 3.63) is 30.1 Å². The Hall–Kier alpha value is -0.600. The zero-order chi connectivity index (χ0) is 8.97. The quantitative estimate of drug-likeness (QED) is 0.815. The summed E-state index contributed by atoms with van der Waals surface area (Å²) in [6, 6.07) is 4.12. The highest BCUT2D eigenvalue weighted by molar-refractivity contribution is 5.85. The third-order valence-corrected chi connectivity index (χ3v) is 1.86. The molecule has 0 radical (unpaired) electrons. The van der Waals surface area contributed by atoms with E-state index in [1.54, 1.807) is 12.4 Å². The van der Waals surface area contributed by atoms with Crippen molar-refractivity contribution in [2.75, 3.05) is 0 Å². The number of rotatable bonds is 3. The molecule has 0 aliphatic carbocycles. The van der Waals surface area contributed by atoms with Crippen LogP contribution in [-0.2, 0) is 0 Å². The third-order valence-electron chi connectivity index (χ3n) is 1.86. The largest absolute Gasteiger partial charge is 0.324 e. The van der Waals surface area contributed by atoms with E-state index in [4.69, 9.17) is 5.73 Å². The average molecular weight is 201 g/mol. The van der Waals surface area contributed by atoms with E-state index in [0.29, 0.717) is 5.92 Å². The normalized spacial score (nSPS) is 12.3. The monoisotopic (exact) mass is 200 g/mol. The van der Waals surface area contributed by atoms with E-state index >= 15 is 0 Å². The molecule has 0 fully saturated rings. The second-order valence-electron chi connectivity index (χ2n) is 3.52. The summed E-state index contributed by atoms with van der Waals surface area (Å²) in [4.78, 5) is 3.95. The van der Waals surface area contributed by atoms with Crippen LogP contribution in [-0.4, -0.2) is 4.98 Å². The first-order valence-corrected chi connectivity index (χ1v) is 4.35. The molecule has 13 heavy (non-hydrogen) atoms. The highest BCUT2D eigenvalue weighted by Crippen LogP contribution is 2.17. The molecule has 1 atom stereocenters. The van der Waals surface area contributed by atoms with Gasteiger partial charge in [0.1, 0.15) is 0 Å². The predicted octanol–water partition coefficient (Wildman–Crippen LogP) is 2.55. The van der Waals surface area contributed by atoms with Gasteiger partial charge in [-0.05, 0) is 30.0 Å². The van der Waals surface area contributed by atoms with Gasteiger partial charge >= 0.3 is 0 Å². The molecule has 0 saturated heterocycles. The zero-order valence-electron chi connectivity index (χ0n) is 8.10. The summed E-state index contributed by atoms with van der Waals surface area (Å²) < 4.78 is 0. The Bertz CT molecular complexity index is 224. The van der Waals surface area contributed by atoms with Gasteiger partial charge < -0.3 is 5.73 Å². The second kappa shape index (κ2) is 5.95. The number of hydrogen-bond donors (Lipinski definition) is 1. The van der Waals surface area contributed by atoms with Crippen LogP contribution in [0.2, 0.25) is 0 Å². The maximum atomic E-state index is 5.97. The molecule has 0 spiro atoms. The first-order valence-electron chi connectivity index (χ1n) is 4.35. The molecular formula is C10H17ClN2. The van der Waals surface area contributed by atoms with Gasteiger partial charge in [0.15, 0.2) is 0 Å². The second-order valence-corrected chi connectivity index (χ2v) is 3.52. The number of nitrogens with two attached hydrogens (primary N) is 1. The summed E-state index contributed by atoms with van der Waals surface area (Å²) >= 11 is 0. The van der Waals surface area contributed by atoms with Crippen LogP contribution < -0.4 is 5.73 Å². The molecule has 0 aliphatic rings. The fourth-order valence-corrected chi connectivity index (χ4v) is 1.25. The average Bonchev–Trinajstić information content (AvgIpc) is 2.05. The number of nitrogens with zero attached hydrogens (tertiary/aromatic N) is 1. The fourth-order valence-electron chi connectivity index (χ4n) is 1.25. The van der Waals surface area contributed by atoms with Crippen molar-refractivity contribution >= 4 is 12.4 Å². The van der Waals surface area contributed by atoms with Crippen molar-refractivity contribution < 1.29 is 0 Å². The SMILES string of the molecule is CC(C)C[C@@H](N)c1ccncc1.Cl. The maximum absolute atomic E-state index is 5.97. The van der Waals surface area contributed by atoms with Gasteiger partial charge in [0.2, 0.25) is 0 Å². The zero-order valence-corrected chi connectivity index (χ0v) is 8.92. The Balaban J connectivity index is 0.00000144. The summed E-state index contributed by atoms with van der Waals surface area (Å²) in [6.45, 7) is 4.36. The van der Waals surface area contributed by atoms with Crippen molar-refractivity contribution in [1.29, 1.82) is 0 Å². The van der Waals surface area contributed by atoms with Crippen molar-refractivity contribution in [3.63, 3.8) is 0 Å². The Morgan fingerprint density at radius 2 is 1.85 bits per heavy atom. The lowest BCUT2D eigenvalue weighted by atomic mass is 9.99. The molecule has 1 aromatic heterocycles. The van der Waals surface area contributed by atoms with Gasteiger partial charge in [0, 0.05) is 18.4 Å². The van der Waals surface area contributed by atoms with Gasteiger partial charge in [-0.3, -0.25) is 4.98 Å². The van der Waals surface area contributed by atoms with Gasteiger partial charge in [0.05, 0.1) is 0 Å². The van der Waals surface area contributed by atoms with Crippen LogP contribution in [0.3, 0.4) is 0 Å². The summed E-state index contributed by atoms with van der Waals surface area (Å²) in [5.74, 6) is 0.646. The van der Waals surface area contributed by atoms with Crippen LogP contribution in [0, 0.1) is 5.92 Å². The molecule has 0 unspecified atom stereocenters. The Morgan fingerprint density at radius 3 is 2.31 bits per heavy atom. The summed E-state index contributed by atoms with van der Waals surface area (Å²) in [6.07, 6.45) is 4.61. The van der Waals surface area contributed by atoms with Gasteiger partial charge in [-0.15, -0.1) is 12.4 Å². The van der Waals surface area contributed by atoms with Crippen molar-refractivity contribution in [2.45, 2.75) is 26.3 Å². The highest BCUT2D eigenvalue weighted by Gasteiger charge is 2.06. The van der Waals surface area contributed by atoms with E-state index in [2.05, 4.69) is 18.8 Å². The Labute approximate surface area is 86.0 Å². The van der Waals surface area contributed by atoms with E-state index in [1.807, 2.05) is 12.1 Å². The maximum Gasteiger partial charge on any atom is 0.0298 e. The van der Waals surface area contributed by atoms with E-state index in [-0.39, 0.29) is 18.4 Å². The fraction of sp³-hybridized carbons (Fsp3) is 0.500. The van der Waals surface area contributed by atoms with E-state index in [1.165, 1.54) is 5.56 Å². The lowest BCUT2D eigenvalue weighted by Gasteiger charge is -2.13. The molecule has 0 amide bonds. The third kappa shape index (κ3) is 4.25. The lowest BCUT2D eigenvalue weighted by Crippen LogP contribution is -2.12. The van der Waals surface area contributed by atoms with Crippen LogP contribution in [0.4, 0.5) is 0 Å². The highest BCUT2D eigenvalue weighted by atomic mass is 35.5. The molecule has 1 rings (SSSR count). The standard InChI is InChI=1S/C10H16N2.ClH/c1-8(2)7-10(11)9-3-5-12-6-4-9;/h3-6,8,10H,7,11H2,1-2H3;1H/t10-;/m1./s1.